The first-order chi connectivity index (χ1) is 38.3. The first-order valence-corrected chi connectivity index (χ1v) is 26.0. The Kier molecular flexibility index (Phi) is 13.8. The number of piperazine rings is 1. The van der Waals surface area contributed by atoms with Gasteiger partial charge >= 0.3 is 12.1 Å². The van der Waals surface area contributed by atoms with Crippen LogP contribution in [0, 0.1) is 17.8 Å². The Bertz CT molecular complexity index is 3470. The zero-order valence-corrected chi connectivity index (χ0v) is 42.7. The van der Waals surface area contributed by atoms with E-state index < -0.39 is 59.4 Å². The largest absolute Gasteiger partial charge is 0.491 e. The summed E-state index contributed by atoms with van der Waals surface area (Å²) < 4.78 is 36.8. The summed E-state index contributed by atoms with van der Waals surface area (Å²) >= 11 is 0. The van der Waals surface area contributed by atoms with Crippen LogP contribution in [0.3, 0.4) is 0 Å². The molecule has 3 fully saturated rings. The number of aromatic nitrogens is 3. The SMILES string of the molecule is COCCOC(=O)N1C(=O)C2(c3cc(C#CCn4nnc5ccccc54)ccc31)C(C(=O)N1CCN(Cc3ccc4c(c3)OCO4)CC1)C1C(=O)OC(c3ccccc3)C(c3ccccc3)N1C2c1cccc(OCCO)c1. The van der Waals surface area contributed by atoms with Gasteiger partial charge in [0.15, 0.2) is 11.5 Å². The van der Waals surface area contributed by atoms with E-state index in [9.17, 15) is 9.90 Å². The van der Waals surface area contributed by atoms with Gasteiger partial charge in [-0.15, -0.1) is 5.10 Å². The summed E-state index contributed by atoms with van der Waals surface area (Å²) in [6.07, 6.45) is -1.92. The fraction of sp³-hybridized carbons (Fsp3) is 0.300. The maximum Gasteiger partial charge on any atom is 0.421 e. The summed E-state index contributed by atoms with van der Waals surface area (Å²) in [7, 11) is 1.48. The van der Waals surface area contributed by atoms with Crippen LogP contribution >= 0.6 is 0 Å². The first kappa shape index (κ1) is 50.2. The van der Waals surface area contributed by atoms with Crippen molar-refractivity contribution in [3.63, 3.8) is 0 Å². The van der Waals surface area contributed by atoms with Gasteiger partial charge in [-0.05, 0) is 82.4 Å². The average Bonchev–Trinajstić information content (AvgIpc) is 3.96. The number of hydrogen-bond donors (Lipinski definition) is 1. The van der Waals surface area contributed by atoms with E-state index in [2.05, 4.69) is 27.1 Å². The average molecular weight is 1050 g/mol. The number of imide groups is 1. The Morgan fingerprint density at radius 3 is 2.32 bits per heavy atom. The molecule has 6 aromatic carbocycles. The smallest absolute Gasteiger partial charge is 0.421 e. The molecule has 18 heteroatoms. The van der Waals surface area contributed by atoms with Gasteiger partial charge in [0.2, 0.25) is 18.6 Å². The van der Waals surface area contributed by atoms with Crippen molar-refractivity contribution in [3.8, 4) is 29.1 Å². The lowest BCUT2D eigenvalue weighted by Crippen LogP contribution is -2.59. The van der Waals surface area contributed by atoms with Gasteiger partial charge in [-0.3, -0.25) is 24.2 Å². The van der Waals surface area contributed by atoms with E-state index in [-0.39, 0.29) is 58.5 Å². The first-order valence-electron chi connectivity index (χ1n) is 26.0. The van der Waals surface area contributed by atoms with Crippen LogP contribution in [0.15, 0.2) is 146 Å². The summed E-state index contributed by atoms with van der Waals surface area (Å²) in [5.41, 5.74) is 3.36. The molecule has 3 amide bonds. The number of ether oxygens (including phenoxy) is 6. The molecule has 0 aliphatic carbocycles. The number of cyclic esters (lactones) is 1. The van der Waals surface area contributed by atoms with Crippen molar-refractivity contribution < 1.29 is 52.7 Å². The molecule has 5 aliphatic heterocycles. The highest BCUT2D eigenvalue weighted by molar-refractivity contribution is 6.23. The Balaban J connectivity index is 1.05. The molecule has 18 nitrogen and oxygen atoms in total. The molecule has 5 aliphatic rings. The van der Waals surface area contributed by atoms with Crippen LogP contribution in [0.4, 0.5) is 10.5 Å². The molecule has 0 bridgehead atoms. The molecule has 6 unspecified atom stereocenters. The van der Waals surface area contributed by atoms with E-state index in [1.54, 1.807) is 46.0 Å². The number of morpholine rings is 1. The number of benzene rings is 6. The maximum atomic E-state index is 16.8. The molecule has 396 valence electrons. The minimum absolute atomic E-state index is 0.0301. The van der Waals surface area contributed by atoms with Crippen LogP contribution in [0.5, 0.6) is 17.2 Å². The van der Waals surface area contributed by atoms with Crippen molar-refractivity contribution in [2.45, 2.75) is 42.7 Å². The van der Waals surface area contributed by atoms with Crippen molar-refractivity contribution in [3.05, 3.63) is 179 Å². The molecular weight excluding hydrogens is 995 g/mol. The summed E-state index contributed by atoms with van der Waals surface area (Å²) in [5, 5.41) is 18.5. The highest BCUT2D eigenvalue weighted by Crippen LogP contribution is 2.66. The number of carbonyl (C=O) groups excluding carboxylic acids is 4. The minimum atomic E-state index is -2.06. The molecule has 0 saturated carbocycles. The molecule has 1 N–H and O–H groups in total. The molecule has 78 heavy (non-hydrogen) atoms. The van der Waals surface area contributed by atoms with Crippen molar-refractivity contribution >= 4 is 40.6 Å². The van der Waals surface area contributed by atoms with Gasteiger partial charge in [0.1, 0.15) is 48.6 Å². The number of amides is 3. The molecular formula is C60H55N7O11. The number of methoxy groups -OCH3 is 1. The fourth-order valence-corrected chi connectivity index (χ4v) is 12.0. The number of esters is 1. The number of para-hydroxylation sites is 1. The molecule has 6 atom stereocenters. The second-order valence-electron chi connectivity index (χ2n) is 19.7. The number of rotatable bonds is 13. The molecule has 6 heterocycles. The van der Waals surface area contributed by atoms with Gasteiger partial charge in [-0.25, -0.2) is 14.4 Å². The molecule has 1 spiro atoms. The predicted octanol–water partition coefficient (Wildman–Crippen LogP) is 6.38. The van der Waals surface area contributed by atoms with Gasteiger partial charge in [0.05, 0.1) is 42.4 Å². The summed E-state index contributed by atoms with van der Waals surface area (Å²) in [4.78, 5) is 70.8. The lowest BCUT2D eigenvalue weighted by molar-refractivity contribution is -0.179. The quantitative estimate of drug-likeness (QED) is 0.0762. The van der Waals surface area contributed by atoms with Gasteiger partial charge in [-0.1, -0.05) is 108 Å². The maximum absolute atomic E-state index is 16.8. The van der Waals surface area contributed by atoms with Gasteiger partial charge in [0, 0.05) is 45.4 Å². The Morgan fingerprint density at radius 1 is 0.769 bits per heavy atom. The van der Waals surface area contributed by atoms with Crippen LogP contribution in [0.25, 0.3) is 11.0 Å². The van der Waals surface area contributed by atoms with Crippen molar-refractivity contribution in [2.24, 2.45) is 5.92 Å². The Labute approximate surface area is 449 Å². The number of nitrogens with zero attached hydrogens (tertiary/aromatic N) is 7. The number of aliphatic hydroxyl groups excluding tert-OH is 1. The van der Waals surface area contributed by atoms with E-state index in [0.29, 0.717) is 64.7 Å². The second-order valence-corrected chi connectivity index (χ2v) is 19.7. The number of carbonyl (C=O) groups is 4. The van der Waals surface area contributed by atoms with Crippen LogP contribution in [0.2, 0.25) is 0 Å². The summed E-state index contributed by atoms with van der Waals surface area (Å²) in [5.74, 6) is 4.81. The van der Waals surface area contributed by atoms with Crippen molar-refractivity contribution in [2.75, 3.05) is 71.4 Å². The number of fused-ring (bicyclic) bond motifs is 5. The van der Waals surface area contributed by atoms with E-state index in [1.807, 2.05) is 114 Å². The number of anilines is 1. The Morgan fingerprint density at radius 2 is 1.53 bits per heavy atom. The van der Waals surface area contributed by atoms with Crippen LogP contribution in [-0.2, 0) is 47.1 Å². The van der Waals surface area contributed by atoms with E-state index in [0.717, 1.165) is 21.5 Å². The minimum Gasteiger partial charge on any atom is -0.491 e. The van der Waals surface area contributed by atoms with Gasteiger partial charge in [0.25, 0.3) is 0 Å². The lowest BCUT2D eigenvalue weighted by atomic mass is 9.64. The molecule has 12 rings (SSSR count). The zero-order valence-electron chi connectivity index (χ0n) is 42.7. The fourth-order valence-electron chi connectivity index (χ4n) is 12.0. The highest BCUT2D eigenvalue weighted by Gasteiger charge is 2.76. The van der Waals surface area contributed by atoms with E-state index in [4.69, 9.17) is 28.4 Å². The van der Waals surface area contributed by atoms with Gasteiger partial charge in [-0.2, -0.15) is 0 Å². The van der Waals surface area contributed by atoms with Crippen LogP contribution in [-0.4, -0.2) is 131 Å². The zero-order chi connectivity index (χ0) is 53.3. The van der Waals surface area contributed by atoms with Gasteiger partial charge < -0.3 is 38.4 Å². The standard InChI is InChI=1S/C60H55N7O11/c1-73-32-33-75-59(72)66-47-23-21-39(12-11-25-65-48-20-9-8-19-46(48)61-62-65)34-45(47)60(58(66)71)51(56(69)64-28-26-63(27-29-64)37-40-22-24-49-50(35-40)77-38-76-49)53-57(70)78-54(42-15-6-3-7-16-42)52(41-13-4-2-5-14-41)67(53)55(60)43-17-10-18-44(36-43)74-31-30-68/h2-10,13-24,34-36,51-55,68H,25-33,37-38H2,1H3. The summed E-state index contributed by atoms with van der Waals surface area (Å²) in [6, 6.07) is 41.3. The molecule has 3 saturated heterocycles. The normalized spacial score (nSPS) is 22.5. The van der Waals surface area contributed by atoms with Crippen LogP contribution < -0.4 is 19.1 Å². The predicted molar refractivity (Wildman–Crippen MR) is 283 cm³/mol. The third-order valence-electron chi connectivity index (χ3n) is 15.4. The van der Waals surface area contributed by atoms with E-state index in [1.165, 1.54) is 7.11 Å². The Hall–Kier alpha value is -8.60. The molecule has 7 aromatic rings. The van der Waals surface area contributed by atoms with Crippen LogP contribution in [0.1, 0.15) is 51.6 Å². The topological polar surface area (TPSA) is 188 Å². The number of hydrogen-bond acceptors (Lipinski definition) is 15. The highest BCUT2D eigenvalue weighted by atomic mass is 16.7. The monoisotopic (exact) mass is 1050 g/mol. The molecule has 1 aromatic heterocycles. The van der Waals surface area contributed by atoms with E-state index >= 15 is 14.4 Å². The third-order valence-corrected chi connectivity index (χ3v) is 15.4. The van der Waals surface area contributed by atoms with Crippen molar-refractivity contribution in [1.82, 2.24) is 29.7 Å². The molecule has 0 radical (unpaired) electrons. The third kappa shape index (κ3) is 8.93. The second kappa shape index (κ2) is 21.4. The number of aliphatic hydroxyl groups is 1. The summed E-state index contributed by atoms with van der Waals surface area (Å²) in [6.45, 7) is 1.94. The van der Waals surface area contributed by atoms with Crippen molar-refractivity contribution in [1.29, 1.82) is 0 Å². The lowest BCUT2D eigenvalue weighted by Gasteiger charge is -2.46.